The maximum Gasteiger partial charge on any atom is 0.321 e. The summed E-state index contributed by atoms with van der Waals surface area (Å²) in [5, 5.41) is 35.0. The molecule has 0 unspecified atom stereocenters. The van der Waals surface area contributed by atoms with Gasteiger partial charge in [-0.05, 0) is 31.2 Å². The van der Waals surface area contributed by atoms with Crippen LogP contribution in [-0.4, -0.2) is 363 Å². The van der Waals surface area contributed by atoms with Gasteiger partial charge in [0.15, 0.2) is 5.41 Å². The van der Waals surface area contributed by atoms with Gasteiger partial charge >= 0.3 is 17.9 Å². The molecule has 34 heteroatoms. The zero-order valence-corrected chi connectivity index (χ0v) is 65.5. The summed E-state index contributed by atoms with van der Waals surface area (Å²) in [5.41, 5.74) is 6.45. The number of Topliss-reactive ketones (excluding diaryl/α,β-unsaturated/α-hetero) is 1. The number of rotatable bonds is 98. The van der Waals surface area contributed by atoms with E-state index in [4.69, 9.17) is 120 Å². The number of carbonyl (C=O) groups is 4. The summed E-state index contributed by atoms with van der Waals surface area (Å²) in [6.45, 7) is 22.7. The number of nitrogens with one attached hydrogen (secondary N) is 1. The third kappa shape index (κ3) is 83.4. The zero-order valence-electron chi connectivity index (χ0n) is 65.5. The van der Waals surface area contributed by atoms with Crippen LogP contribution in [-0.2, 0) is 128 Å². The summed E-state index contributed by atoms with van der Waals surface area (Å²) < 4.78 is 127. The first-order valence-electron chi connectivity index (χ1n) is 39.5. The van der Waals surface area contributed by atoms with Crippen LogP contribution >= 0.6 is 0 Å². The van der Waals surface area contributed by atoms with Gasteiger partial charge in [-0.1, -0.05) is 95.0 Å². The Morgan fingerprint density at radius 2 is 0.444 bits per heavy atom. The van der Waals surface area contributed by atoms with Crippen molar-refractivity contribution < 1.29 is 143 Å². The molecule has 0 atom stereocenters. The van der Waals surface area contributed by atoms with E-state index in [9.17, 15) is 29.4 Å². The monoisotopic (exact) mass is 1570 g/mol. The van der Waals surface area contributed by atoms with Crippen molar-refractivity contribution in [3.63, 3.8) is 0 Å². The molecule has 0 aliphatic heterocycles. The lowest BCUT2D eigenvalue weighted by atomic mass is 9.78. The molecule has 638 valence electrons. The van der Waals surface area contributed by atoms with Crippen molar-refractivity contribution in [1.29, 1.82) is 0 Å². The van der Waals surface area contributed by atoms with Crippen LogP contribution in [0.25, 0.3) is 10.4 Å². The van der Waals surface area contributed by atoms with Crippen molar-refractivity contribution >= 4 is 23.7 Å². The molecule has 0 aliphatic rings. The van der Waals surface area contributed by atoms with E-state index in [2.05, 4.69) is 15.3 Å². The van der Waals surface area contributed by atoms with E-state index in [-0.39, 0.29) is 25.0 Å². The first kappa shape index (κ1) is 104. The average Bonchev–Trinajstić information content (AvgIpc) is 0.828. The van der Waals surface area contributed by atoms with Gasteiger partial charge in [0.2, 0.25) is 0 Å². The summed E-state index contributed by atoms with van der Waals surface area (Å²) in [6.07, 6.45) is 15.0. The summed E-state index contributed by atoms with van der Waals surface area (Å²) in [5.74, 6) is -3.09. The molecular formula is C74H142N4O30. The number of carboxylic acids is 3. The van der Waals surface area contributed by atoms with Crippen LogP contribution in [0.1, 0.15) is 128 Å². The Bertz CT molecular complexity index is 1920. The molecule has 4 N–H and O–H groups in total. The molecule has 0 bridgehead atoms. The topological polar surface area (TPSA) is 402 Å². The number of hydrogen-bond donors (Lipinski definition) is 4. The number of unbranched alkanes of at least 4 members (excludes halogenated alkanes) is 14. The van der Waals surface area contributed by atoms with Crippen LogP contribution in [0.15, 0.2) is 5.11 Å². The molecule has 0 aromatic heterocycles. The maximum atomic E-state index is 12.3. The van der Waals surface area contributed by atoms with Crippen molar-refractivity contribution in [2.75, 3.05) is 324 Å². The van der Waals surface area contributed by atoms with Gasteiger partial charge in [-0.15, -0.1) is 0 Å². The molecular weight excluding hydrogens is 1420 g/mol. The molecule has 0 radical (unpaired) electrons. The molecule has 0 aromatic carbocycles. The Morgan fingerprint density at radius 3 is 0.648 bits per heavy atom. The normalized spacial score (nSPS) is 11.7. The molecule has 108 heavy (non-hydrogen) atoms. The largest absolute Gasteiger partial charge is 0.481 e. The highest BCUT2D eigenvalue weighted by atomic mass is 16.6. The Hall–Kier alpha value is -3.57. The number of carboxylic acid groups (broad SMARTS) is 3. The highest BCUT2D eigenvalue weighted by Crippen LogP contribution is 2.33. The third-order valence-corrected chi connectivity index (χ3v) is 15.7. The standard InChI is InChI=1S/C74H142N4O30/c75-78-77-22-24-87-26-28-89-30-32-91-34-36-93-38-40-95-42-44-97-46-48-99-50-52-101-54-56-103-58-60-105-62-64-107-66-68-108-67-65-106-63-61-104-59-57-102-55-53-100-51-49-98-47-45-96-43-41-94-39-37-92-35-33-90-31-29-88-27-25-86-23-21-76-69-70(79)17-13-9-5-1-3-7-11-15-19-74(72(82)83,73(84)85)20-16-12-8-4-2-6-10-14-18-71(80)81/h76H,1-69H2,(H,80,81)(H,82,83)(H,84,85). The van der Waals surface area contributed by atoms with E-state index < -0.39 is 23.3 Å². The van der Waals surface area contributed by atoms with E-state index in [1.807, 2.05) is 0 Å². The molecule has 0 fully saturated rings. The minimum atomic E-state index is -1.73. The SMILES string of the molecule is [N-]=[N+]=NCCOCCOCCOCCOCCOCCOCCOCCOCCOCCOCCOCCOCCOCCOCCOCCOCCOCCOCCOCCOCCOCCOCCOCCNCC(=O)CCCCCCCCCCC(CCCCCCCCCCC(=O)O)(C(=O)O)C(=O)O. The van der Waals surface area contributed by atoms with Crippen LogP contribution in [0.3, 0.4) is 0 Å². The predicted molar refractivity (Wildman–Crippen MR) is 398 cm³/mol. The summed E-state index contributed by atoms with van der Waals surface area (Å²) in [4.78, 5) is 49.7. The molecule has 0 aromatic rings. The van der Waals surface area contributed by atoms with Crippen molar-refractivity contribution in [2.45, 2.75) is 128 Å². The quantitative estimate of drug-likeness (QED) is 0.0158. The van der Waals surface area contributed by atoms with Gasteiger partial charge in [0.1, 0.15) is 5.78 Å². The van der Waals surface area contributed by atoms with E-state index >= 15 is 0 Å². The van der Waals surface area contributed by atoms with Crippen LogP contribution in [0.5, 0.6) is 0 Å². The fraction of sp³-hybridized carbons (Fsp3) is 0.946. The zero-order chi connectivity index (χ0) is 78.0. The molecule has 0 amide bonds. The predicted octanol–water partition coefficient (Wildman–Crippen LogP) is 6.88. The van der Waals surface area contributed by atoms with E-state index in [1.165, 1.54) is 0 Å². The minimum Gasteiger partial charge on any atom is -0.481 e. The number of hydrogen-bond acceptors (Lipinski definition) is 29. The van der Waals surface area contributed by atoms with Crippen molar-refractivity contribution in [3.8, 4) is 0 Å². The average molecular weight is 1570 g/mol. The van der Waals surface area contributed by atoms with Gasteiger partial charge in [0.25, 0.3) is 0 Å². The van der Waals surface area contributed by atoms with Crippen LogP contribution in [0.2, 0.25) is 0 Å². The fourth-order valence-electron chi connectivity index (χ4n) is 9.77. The van der Waals surface area contributed by atoms with Crippen molar-refractivity contribution in [1.82, 2.24) is 5.32 Å². The first-order chi connectivity index (χ1) is 53.3. The van der Waals surface area contributed by atoms with Crippen molar-refractivity contribution in [3.05, 3.63) is 10.4 Å². The van der Waals surface area contributed by atoms with Crippen LogP contribution in [0.4, 0.5) is 0 Å². The smallest absolute Gasteiger partial charge is 0.321 e. The highest BCUT2D eigenvalue weighted by molar-refractivity contribution is 5.98. The van der Waals surface area contributed by atoms with Gasteiger partial charge in [0.05, 0.1) is 310 Å². The van der Waals surface area contributed by atoms with Crippen LogP contribution in [0, 0.1) is 5.41 Å². The number of aliphatic carboxylic acids is 3. The third-order valence-electron chi connectivity index (χ3n) is 15.7. The molecule has 34 nitrogen and oxygen atoms in total. The lowest BCUT2D eigenvalue weighted by Crippen LogP contribution is -2.39. The Labute approximate surface area is 643 Å². The number of ether oxygens (including phenoxy) is 23. The summed E-state index contributed by atoms with van der Waals surface area (Å²) in [7, 11) is 0. The second kappa shape index (κ2) is 90.6. The Morgan fingerprint density at radius 1 is 0.259 bits per heavy atom. The molecule has 0 rings (SSSR count). The van der Waals surface area contributed by atoms with E-state index in [1.54, 1.807) is 0 Å². The number of azide groups is 1. The van der Waals surface area contributed by atoms with Gasteiger partial charge < -0.3 is 130 Å². The Kier molecular flexibility index (Phi) is 87.6. The summed E-state index contributed by atoms with van der Waals surface area (Å²) in [6, 6.07) is 0. The van der Waals surface area contributed by atoms with E-state index in [0.717, 1.165) is 83.5 Å². The van der Waals surface area contributed by atoms with Crippen LogP contribution < -0.4 is 5.32 Å². The fourth-order valence-corrected chi connectivity index (χ4v) is 9.77. The lowest BCUT2D eigenvalue weighted by molar-refractivity contribution is -0.166. The molecule has 0 spiro atoms. The maximum absolute atomic E-state index is 12.3. The second-order valence-corrected chi connectivity index (χ2v) is 24.5. The van der Waals surface area contributed by atoms with E-state index in [0.29, 0.717) is 349 Å². The van der Waals surface area contributed by atoms with Gasteiger partial charge in [-0.2, -0.15) is 0 Å². The highest BCUT2D eigenvalue weighted by Gasteiger charge is 2.45. The number of nitrogens with zero attached hydrogens (tertiary/aromatic N) is 3. The number of ketones is 1. The molecule has 0 aliphatic carbocycles. The van der Waals surface area contributed by atoms with Crippen molar-refractivity contribution in [2.24, 2.45) is 10.5 Å². The molecule has 0 heterocycles. The van der Waals surface area contributed by atoms with Gasteiger partial charge in [0, 0.05) is 30.8 Å². The molecule has 0 saturated carbocycles. The Balaban J connectivity index is 3.25. The lowest BCUT2D eigenvalue weighted by Gasteiger charge is -2.25. The molecule has 0 saturated heterocycles. The number of carbonyl (C=O) groups excluding carboxylic acids is 1. The second-order valence-electron chi connectivity index (χ2n) is 24.5. The minimum absolute atomic E-state index is 0.138. The summed E-state index contributed by atoms with van der Waals surface area (Å²) >= 11 is 0. The first-order valence-corrected chi connectivity index (χ1v) is 39.5. The van der Waals surface area contributed by atoms with Gasteiger partial charge in [-0.3, -0.25) is 19.2 Å². The van der Waals surface area contributed by atoms with Gasteiger partial charge in [-0.25, -0.2) is 0 Å².